The van der Waals surface area contributed by atoms with E-state index in [1.54, 1.807) is 52.3 Å². The molecule has 0 spiro atoms. The van der Waals surface area contributed by atoms with Crippen molar-refractivity contribution in [2.75, 3.05) is 26.2 Å². The molecule has 57 heavy (non-hydrogen) atoms. The van der Waals surface area contributed by atoms with E-state index in [1.807, 2.05) is 6.07 Å². The third kappa shape index (κ3) is 7.94. The van der Waals surface area contributed by atoms with E-state index in [0.717, 1.165) is 17.5 Å². The Kier molecular flexibility index (Phi) is 10.8. The summed E-state index contributed by atoms with van der Waals surface area (Å²) in [6.07, 6.45) is 4.02. The lowest BCUT2D eigenvalue weighted by Gasteiger charge is -2.14. The summed E-state index contributed by atoms with van der Waals surface area (Å²) in [7, 11) is 0. The summed E-state index contributed by atoms with van der Waals surface area (Å²) in [6.45, 7) is 9.20. The molecule has 2 saturated heterocycles. The van der Waals surface area contributed by atoms with Gasteiger partial charge in [0.1, 0.15) is 23.2 Å². The second-order valence-electron chi connectivity index (χ2n) is 13.8. The molecule has 2 unspecified atom stereocenters. The monoisotopic (exact) mass is 783 g/mol. The zero-order valence-corrected chi connectivity index (χ0v) is 31.2. The van der Waals surface area contributed by atoms with Crippen molar-refractivity contribution in [3.63, 3.8) is 0 Å². The molecule has 0 saturated carbocycles. The van der Waals surface area contributed by atoms with Crippen LogP contribution in [0, 0.1) is 17.1 Å². The first-order chi connectivity index (χ1) is 27.5. The number of nitriles is 1. The molecule has 4 aromatic carbocycles. The molecule has 8 rings (SSSR count). The van der Waals surface area contributed by atoms with Crippen molar-refractivity contribution in [2.45, 2.75) is 24.7 Å². The highest BCUT2D eigenvalue weighted by Gasteiger charge is 2.29. The molecule has 2 fully saturated rings. The van der Waals surface area contributed by atoms with E-state index in [2.05, 4.69) is 39.2 Å². The Labute approximate surface area is 330 Å². The van der Waals surface area contributed by atoms with E-state index in [9.17, 15) is 28.7 Å². The van der Waals surface area contributed by atoms with Crippen LogP contribution in [0.1, 0.15) is 41.9 Å². The highest BCUT2D eigenvalue weighted by atomic mass is 35.5. The van der Waals surface area contributed by atoms with Gasteiger partial charge in [0.2, 0.25) is 11.8 Å². The SMILES string of the molecule is C=CC(=O)N1CCC(c2nc3ccc(-c4c(O)cccc4F)cc3c(=O)[nH]2)C1.C=CC(=O)N1CCC(c2nc3ccc(-c4cc(Cl)cc(C#N)c4)cc3c(=O)[nH]2)C1. The van der Waals surface area contributed by atoms with Gasteiger partial charge in [-0.2, -0.15) is 5.26 Å². The fraction of sp³-hybridized carbons (Fsp3) is 0.186. The minimum Gasteiger partial charge on any atom is -0.507 e. The third-order valence-electron chi connectivity index (χ3n) is 10.2. The van der Waals surface area contributed by atoms with Gasteiger partial charge in [-0.3, -0.25) is 19.2 Å². The molecule has 286 valence electrons. The normalized spacial score (nSPS) is 16.2. The molecular formula is C43H35ClFN7O5. The number of carbonyl (C=O) groups is 2. The number of hydrogen-bond acceptors (Lipinski definition) is 8. The van der Waals surface area contributed by atoms with E-state index in [-0.39, 0.29) is 46.1 Å². The lowest BCUT2D eigenvalue weighted by atomic mass is 10.0. The molecule has 6 aromatic rings. The molecule has 4 heterocycles. The van der Waals surface area contributed by atoms with Gasteiger partial charge < -0.3 is 24.9 Å². The number of H-pyrrole nitrogens is 2. The molecule has 3 N–H and O–H groups in total. The molecule has 12 nitrogen and oxygen atoms in total. The van der Waals surface area contributed by atoms with Crippen LogP contribution >= 0.6 is 11.6 Å². The van der Waals surface area contributed by atoms with Crippen LogP contribution < -0.4 is 11.1 Å². The smallest absolute Gasteiger partial charge is 0.258 e. The van der Waals surface area contributed by atoms with Crippen LogP contribution in [0.5, 0.6) is 5.75 Å². The number of hydrogen-bond donors (Lipinski definition) is 3. The Morgan fingerprint density at radius 1 is 0.807 bits per heavy atom. The topological polar surface area (TPSA) is 176 Å². The highest BCUT2D eigenvalue weighted by molar-refractivity contribution is 6.31. The standard InChI is InChI=1S/C22H17ClN4O2.C21H18FN3O3/c1-2-20(28)27-6-5-15(12-27)21-25-19-4-3-14(10-18(19)22(29)26-21)16-7-13(11-24)8-17(23)9-16;1-2-18(27)25-9-8-13(11-25)20-23-16-7-6-12(10-14(16)21(28)24-20)19-15(22)4-3-5-17(19)26/h2-4,7-10,15H,1,5-6,12H2,(H,25,26,29);2-7,10,13,26H,1,8-9,11H2,(H,23,24,28). The zero-order valence-electron chi connectivity index (χ0n) is 30.5. The van der Waals surface area contributed by atoms with E-state index < -0.39 is 5.82 Å². The van der Waals surface area contributed by atoms with Crippen LogP contribution in [0.4, 0.5) is 4.39 Å². The Morgan fingerprint density at radius 2 is 1.35 bits per heavy atom. The summed E-state index contributed by atoms with van der Waals surface area (Å²) in [6, 6.07) is 21.4. The molecule has 14 heteroatoms. The van der Waals surface area contributed by atoms with E-state index >= 15 is 0 Å². The van der Waals surface area contributed by atoms with Crippen molar-refractivity contribution >= 4 is 45.2 Å². The lowest BCUT2D eigenvalue weighted by Crippen LogP contribution is -2.26. The van der Waals surface area contributed by atoms with Crippen LogP contribution in [0.15, 0.2) is 108 Å². The quantitative estimate of drug-likeness (QED) is 0.159. The number of benzene rings is 4. The van der Waals surface area contributed by atoms with Gasteiger partial charge in [-0.05, 0) is 96.3 Å². The summed E-state index contributed by atoms with van der Waals surface area (Å²) in [5.74, 6) is 0.0238. The maximum atomic E-state index is 14.1. The number of nitrogens with zero attached hydrogens (tertiary/aromatic N) is 5. The Hall–Kier alpha value is -6.91. The number of amides is 2. The summed E-state index contributed by atoms with van der Waals surface area (Å²) in [5, 5.41) is 20.4. The average molecular weight is 784 g/mol. The highest BCUT2D eigenvalue weighted by Crippen LogP contribution is 2.34. The Bertz CT molecular complexity index is 2760. The zero-order chi connectivity index (χ0) is 40.4. The van der Waals surface area contributed by atoms with Crippen molar-refractivity contribution in [1.29, 1.82) is 5.26 Å². The third-order valence-corrected chi connectivity index (χ3v) is 10.4. The van der Waals surface area contributed by atoms with Crippen LogP contribution in [0.2, 0.25) is 5.02 Å². The summed E-state index contributed by atoms with van der Waals surface area (Å²) in [4.78, 5) is 67.1. The molecule has 0 radical (unpaired) electrons. The number of fused-ring (bicyclic) bond motifs is 2. The molecule has 2 aliphatic rings. The number of aromatic amines is 2. The fourth-order valence-corrected chi connectivity index (χ4v) is 7.52. The van der Waals surface area contributed by atoms with Crippen LogP contribution in [-0.2, 0) is 9.59 Å². The van der Waals surface area contributed by atoms with Gasteiger partial charge in [0.15, 0.2) is 0 Å². The number of phenolic OH excluding ortho intramolecular Hbond substituents is 1. The molecule has 0 aliphatic carbocycles. The molecule has 2 amide bonds. The van der Waals surface area contributed by atoms with Gasteiger partial charge in [0.25, 0.3) is 11.1 Å². The molecular weight excluding hydrogens is 749 g/mol. The van der Waals surface area contributed by atoms with Gasteiger partial charge in [0.05, 0.1) is 39.0 Å². The number of nitrogens with one attached hydrogen (secondary N) is 2. The van der Waals surface area contributed by atoms with Gasteiger partial charge in [-0.25, -0.2) is 14.4 Å². The minimum absolute atomic E-state index is 0.0122. The number of carbonyl (C=O) groups excluding carboxylic acids is 2. The minimum atomic E-state index is -0.571. The Balaban J connectivity index is 0.000000174. The number of likely N-dealkylation sites (tertiary alicyclic amines) is 2. The summed E-state index contributed by atoms with van der Waals surface area (Å²) in [5.41, 5.74) is 2.92. The first kappa shape index (κ1) is 38.4. The predicted molar refractivity (Wildman–Crippen MR) is 215 cm³/mol. The van der Waals surface area contributed by atoms with Crippen molar-refractivity contribution in [1.82, 2.24) is 29.7 Å². The number of halogens is 2. The van der Waals surface area contributed by atoms with E-state index in [0.29, 0.717) is 82.2 Å². The van der Waals surface area contributed by atoms with Crippen LogP contribution in [0.25, 0.3) is 44.1 Å². The summed E-state index contributed by atoms with van der Waals surface area (Å²) >= 11 is 6.10. The molecule has 2 atom stereocenters. The molecule has 0 bridgehead atoms. The van der Waals surface area contributed by atoms with E-state index in [4.69, 9.17) is 16.9 Å². The van der Waals surface area contributed by atoms with Crippen LogP contribution in [0.3, 0.4) is 0 Å². The van der Waals surface area contributed by atoms with E-state index in [1.165, 1.54) is 36.4 Å². The number of aromatic hydroxyl groups is 1. The number of aromatic nitrogens is 4. The second-order valence-corrected chi connectivity index (χ2v) is 14.2. The maximum absolute atomic E-state index is 14.1. The second kappa shape index (κ2) is 16.1. The van der Waals surface area contributed by atoms with Gasteiger partial charge in [0, 0.05) is 43.0 Å². The first-order valence-corrected chi connectivity index (χ1v) is 18.4. The lowest BCUT2D eigenvalue weighted by molar-refractivity contribution is -0.125. The average Bonchev–Trinajstić information content (AvgIpc) is 3.92. The molecule has 2 aromatic heterocycles. The number of rotatable bonds is 6. The van der Waals surface area contributed by atoms with Crippen molar-refractivity contribution < 1.29 is 19.1 Å². The maximum Gasteiger partial charge on any atom is 0.258 e. The van der Waals surface area contributed by atoms with Crippen molar-refractivity contribution in [3.8, 4) is 34.1 Å². The summed E-state index contributed by atoms with van der Waals surface area (Å²) < 4.78 is 14.1. The number of phenols is 1. The van der Waals surface area contributed by atoms with Crippen molar-refractivity contribution in [2.24, 2.45) is 0 Å². The fourth-order valence-electron chi connectivity index (χ4n) is 7.28. The first-order valence-electron chi connectivity index (χ1n) is 18.1. The molecule has 2 aliphatic heterocycles. The van der Waals surface area contributed by atoms with Crippen molar-refractivity contribution in [3.05, 3.63) is 147 Å². The predicted octanol–water partition coefficient (Wildman–Crippen LogP) is 6.55. The van der Waals surface area contributed by atoms with Gasteiger partial charge in [-0.1, -0.05) is 43.0 Å². The largest absolute Gasteiger partial charge is 0.507 e. The van der Waals surface area contributed by atoms with Gasteiger partial charge in [-0.15, -0.1) is 0 Å². The van der Waals surface area contributed by atoms with Crippen LogP contribution in [-0.4, -0.2) is 72.8 Å². The Morgan fingerprint density at radius 3 is 1.88 bits per heavy atom. The van der Waals surface area contributed by atoms with Gasteiger partial charge >= 0.3 is 0 Å².